The van der Waals surface area contributed by atoms with Gasteiger partial charge in [0.05, 0.1) is 30.0 Å². The van der Waals surface area contributed by atoms with Crippen LogP contribution in [0.5, 0.6) is 0 Å². The van der Waals surface area contributed by atoms with E-state index in [1.807, 2.05) is 35.6 Å². The minimum atomic E-state index is 0.0161. The van der Waals surface area contributed by atoms with Gasteiger partial charge in [0.2, 0.25) is 0 Å². The lowest BCUT2D eigenvalue weighted by atomic mass is 10.1. The molecule has 0 aliphatic carbocycles. The van der Waals surface area contributed by atoms with E-state index >= 15 is 0 Å². The van der Waals surface area contributed by atoms with Crippen molar-refractivity contribution >= 4 is 11.8 Å². The highest BCUT2D eigenvalue weighted by Gasteiger charge is 2.21. The van der Waals surface area contributed by atoms with E-state index in [0.29, 0.717) is 24.5 Å². The summed E-state index contributed by atoms with van der Waals surface area (Å²) in [6, 6.07) is 6.15. The number of amides is 2. The molecule has 1 N–H and O–H groups in total. The zero-order valence-electron chi connectivity index (χ0n) is 16.3. The number of rotatable bonds is 3. The van der Waals surface area contributed by atoms with Crippen molar-refractivity contribution in [1.29, 1.82) is 5.26 Å². The second kappa shape index (κ2) is 7.66. The first-order chi connectivity index (χ1) is 12.9. The van der Waals surface area contributed by atoms with Gasteiger partial charge in [0.1, 0.15) is 11.9 Å². The lowest BCUT2D eigenvalue weighted by Gasteiger charge is -2.23. The van der Waals surface area contributed by atoms with E-state index in [4.69, 9.17) is 0 Å². The van der Waals surface area contributed by atoms with Crippen LogP contribution in [-0.4, -0.2) is 51.2 Å². The summed E-state index contributed by atoms with van der Waals surface area (Å²) in [5, 5.41) is 17.3. The van der Waals surface area contributed by atoms with Crippen molar-refractivity contribution in [1.82, 2.24) is 24.6 Å². The van der Waals surface area contributed by atoms with Crippen LogP contribution in [0.3, 0.4) is 0 Å². The van der Waals surface area contributed by atoms with Crippen molar-refractivity contribution in [3.05, 3.63) is 40.3 Å². The average Bonchev–Trinajstić information content (AvgIpc) is 2.89. The molecule has 1 aliphatic rings. The van der Waals surface area contributed by atoms with Gasteiger partial charge in [0, 0.05) is 32.9 Å². The van der Waals surface area contributed by atoms with Gasteiger partial charge in [0.15, 0.2) is 0 Å². The molecule has 0 spiro atoms. The standard InChI is InChI=1S/C19H25N7O/c1-13-8-14(2)22-18(17(13)10-20)21-11-15-9-16-12-25(19(27)24(3)4)6-5-7-26(16)23-15/h8-9H,5-7,11-12H2,1-4H3,(H,21,22). The van der Waals surface area contributed by atoms with Crippen molar-refractivity contribution < 1.29 is 4.79 Å². The van der Waals surface area contributed by atoms with Gasteiger partial charge in [0.25, 0.3) is 0 Å². The number of hydrogen-bond donors (Lipinski definition) is 1. The fourth-order valence-corrected chi connectivity index (χ4v) is 3.33. The predicted molar refractivity (Wildman–Crippen MR) is 102 cm³/mol. The molecule has 3 rings (SSSR count). The molecule has 2 aromatic rings. The summed E-state index contributed by atoms with van der Waals surface area (Å²) >= 11 is 0. The predicted octanol–water partition coefficient (Wildman–Crippen LogP) is 2.27. The molecule has 0 bridgehead atoms. The Hall–Kier alpha value is -3.08. The molecule has 142 valence electrons. The fraction of sp³-hybridized carbons (Fsp3) is 0.474. The van der Waals surface area contributed by atoms with Crippen molar-refractivity contribution in [3.63, 3.8) is 0 Å². The van der Waals surface area contributed by atoms with Crippen molar-refractivity contribution in [3.8, 4) is 6.07 Å². The number of fused-ring (bicyclic) bond motifs is 1. The Morgan fingerprint density at radius 3 is 2.81 bits per heavy atom. The van der Waals surface area contributed by atoms with E-state index in [9.17, 15) is 10.1 Å². The largest absolute Gasteiger partial charge is 0.363 e. The van der Waals surface area contributed by atoms with Gasteiger partial charge in [-0.05, 0) is 38.0 Å². The minimum absolute atomic E-state index is 0.0161. The topological polar surface area (TPSA) is 90.1 Å². The summed E-state index contributed by atoms with van der Waals surface area (Å²) in [6.07, 6.45) is 0.873. The number of nitriles is 1. The third kappa shape index (κ3) is 4.03. The van der Waals surface area contributed by atoms with Crippen molar-refractivity contribution in [2.24, 2.45) is 0 Å². The molecule has 1 aliphatic heterocycles. The molecule has 0 saturated heterocycles. The molecule has 3 heterocycles. The number of nitrogens with zero attached hydrogens (tertiary/aromatic N) is 6. The van der Waals surface area contributed by atoms with E-state index in [-0.39, 0.29) is 6.03 Å². The maximum absolute atomic E-state index is 12.3. The quantitative estimate of drug-likeness (QED) is 0.899. The molecule has 0 aromatic carbocycles. The monoisotopic (exact) mass is 367 g/mol. The molecule has 8 heteroatoms. The Morgan fingerprint density at radius 1 is 1.33 bits per heavy atom. The molecule has 0 atom stereocenters. The molecule has 0 fully saturated rings. The third-order valence-electron chi connectivity index (χ3n) is 4.61. The van der Waals surface area contributed by atoms with Crippen LogP contribution in [0.25, 0.3) is 0 Å². The van der Waals surface area contributed by atoms with E-state index < -0.39 is 0 Å². The van der Waals surface area contributed by atoms with Gasteiger partial charge in [-0.1, -0.05) is 0 Å². The number of carbonyl (C=O) groups excluding carboxylic acids is 1. The molecule has 0 saturated carbocycles. The fourth-order valence-electron chi connectivity index (χ4n) is 3.33. The summed E-state index contributed by atoms with van der Waals surface area (Å²) in [5.41, 5.74) is 4.23. The molecule has 0 unspecified atom stereocenters. The van der Waals surface area contributed by atoms with Gasteiger partial charge in [-0.2, -0.15) is 10.4 Å². The lowest BCUT2D eigenvalue weighted by molar-refractivity contribution is 0.169. The van der Waals surface area contributed by atoms with Crippen molar-refractivity contribution in [2.75, 3.05) is 26.0 Å². The summed E-state index contributed by atoms with van der Waals surface area (Å²) in [7, 11) is 3.53. The highest BCUT2D eigenvalue weighted by atomic mass is 16.2. The van der Waals surface area contributed by atoms with Gasteiger partial charge < -0.3 is 15.1 Å². The number of hydrogen-bond acceptors (Lipinski definition) is 5. The Morgan fingerprint density at radius 2 is 2.11 bits per heavy atom. The van der Waals surface area contributed by atoms with Gasteiger partial charge in [-0.15, -0.1) is 0 Å². The molecular weight excluding hydrogens is 342 g/mol. The zero-order chi connectivity index (χ0) is 19.6. The molecular formula is C19H25N7O. The van der Waals surface area contributed by atoms with Crippen LogP contribution < -0.4 is 5.32 Å². The van der Waals surface area contributed by atoms with Crippen LogP contribution in [0.15, 0.2) is 12.1 Å². The zero-order valence-corrected chi connectivity index (χ0v) is 16.3. The summed E-state index contributed by atoms with van der Waals surface area (Å²) in [4.78, 5) is 20.2. The van der Waals surface area contributed by atoms with E-state index in [0.717, 1.165) is 42.2 Å². The number of urea groups is 1. The Labute approximate surface area is 159 Å². The van der Waals surface area contributed by atoms with Gasteiger partial charge in [-0.25, -0.2) is 9.78 Å². The number of anilines is 1. The van der Waals surface area contributed by atoms with Gasteiger partial charge >= 0.3 is 6.03 Å². The summed E-state index contributed by atoms with van der Waals surface area (Å²) < 4.78 is 1.97. The van der Waals surface area contributed by atoms with Crippen LogP contribution in [-0.2, 0) is 19.6 Å². The lowest BCUT2D eigenvalue weighted by Crippen LogP contribution is -2.38. The number of pyridine rings is 1. The minimum Gasteiger partial charge on any atom is -0.363 e. The number of carbonyl (C=O) groups is 1. The van der Waals surface area contributed by atoms with Crippen LogP contribution in [0.4, 0.5) is 10.6 Å². The maximum Gasteiger partial charge on any atom is 0.319 e. The molecule has 2 amide bonds. The highest BCUT2D eigenvalue weighted by molar-refractivity contribution is 5.73. The van der Waals surface area contributed by atoms with E-state index in [1.54, 1.807) is 19.0 Å². The van der Waals surface area contributed by atoms with Crippen LogP contribution >= 0.6 is 0 Å². The molecule has 2 aromatic heterocycles. The summed E-state index contributed by atoms with van der Waals surface area (Å²) in [5.74, 6) is 0.586. The second-order valence-corrected chi connectivity index (χ2v) is 7.07. The Bertz CT molecular complexity index is 894. The first-order valence-electron chi connectivity index (χ1n) is 9.03. The van der Waals surface area contributed by atoms with Crippen LogP contribution in [0, 0.1) is 25.2 Å². The van der Waals surface area contributed by atoms with E-state index in [2.05, 4.69) is 21.5 Å². The van der Waals surface area contributed by atoms with Crippen LogP contribution in [0.2, 0.25) is 0 Å². The normalized spacial score (nSPS) is 13.5. The maximum atomic E-state index is 12.3. The van der Waals surface area contributed by atoms with Crippen molar-refractivity contribution in [2.45, 2.75) is 39.9 Å². The average molecular weight is 367 g/mol. The first-order valence-corrected chi connectivity index (χ1v) is 9.03. The van der Waals surface area contributed by atoms with E-state index in [1.165, 1.54) is 0 Å². The molecule has 27 heavy (non-hydrogen) atoms. The number of nitrogens with one attached hydrogen (secondary N) is 1. The highest BCUT2D eigenvalue weighted by Crippen LogP contribution is 2.19. The smallest absolute Gasteiger partial charge is 0.319 e. The molecule has 0 radical (unpaired) electrons. The SMILES string of the molecule is Cc1cc(C)c(C#N)c(NCc2cc3n(n2)CCCN(C(=O)N(C)C)C3)n1. The number of aryl methyl sites for hydroxylation is 3. The second-order valence-electron chi connectivity index (χ2n) is 7.07. The third-order valence-corrected chi connectivity index (χ3v) is 4.61. The Balaban J connectivity index is 1.75. The number of aromatic nitrogens is 3. The first kappa shape index (κ1) is 18.7. The molecule has 8 nitrogen and oxygen atoms in total. The Kier molecular flexibility index (Phi) is 5.31. The summed E-state index contributed by atoms with van der Waals surface area (Å²) in [6.45, 7) is 6.37. The van der Waals surface area contributed by atoms with Gasteiger partial charge in [-0.3, -0.25) is 4.68 Å². The van der Waals surface area contributed by atoms with Crippen LogP contribution in [0.1, 0.15) is 34.6 Å².